The maximum absolute atomic E-state index is 10.9. The molecule has 13 heavy (non-hydrogen) atoms. The van der Waals surface area contributed by atoms with Crippen molar-refractivity contribution in [3.63, 3.8) is 0 Å². The van der Waals surface area contributed by atoms with E-state index in [1.54, 1.807) is 18.3 Å². The molecule has 0 atom stereocenters. The lowest BCUT2D eigenvalue weighted by Crippen LogP contribution is -2.14. The average molecular weight is 175 g/mol. The van der Waals surface area contributed by atoms with Crippen molar-refractivity contribution in [3.05, 3.63) is 29.6 Å². The minimum absolute atomic E-state index is 0.345. The lowest BCUT2D eigenvalue weighted by Gasteiger charge is -2.01. The fourth-order valence-corrected chi connectivity index (χ4v) is 1.04. The summed E-state index contributed by atoms with van der Waals surface area (Å²) in [6.45, 7) is 0. The number of aromatic nitrogens is 1. The highest BCUT2D eigenvalue weighted by molar-refractivity contribution is 5.93. The normalized spacial score (nSPS) is 9.15. The number of carbonyl (C=O) groups is 1. The van der Waals surface area contributed by atoms with Crippen LogP contribution in [-0.2, 0) is 6.42 Å². The zero-order chi connectivity index (χ0) is 9.68. The number of amides is 1. The molecule has 0 aliphatic rings. The van der Waals surface area contributed by atoms with E-state index in [0.717, 1.165) is 0 Å². The summed E-state index contributed by atoms with van der Waals surface area (Å²) in [7, 11) is 0. The van der Waals surface area contributed by atoms with Crippen molar-refractivity contribution in [2.45, 2.75) is 12.8 Å². The van der Waals surface area contributed by atoms with Gasteiger partial charge in [-0.25, -0.2) is 0 Å². The van der Waals surface area contributed by atoms with Crippen molar-refractivity contribution >= 4 is 5.91 Å². The van der Waals surface area contributed by atoms with E-state index in [1.807, 2.05) is 6.07 Å². The summed E-state index contributed by atoms with van der Waals surface area (Å²) >= 11 is 0. The Hall–Kier alpha value is -1.89. The lowest BCUT2D eigenvalue weighted by molar-refractivity contribution is 0.0999. The largest absolute Gasteiger partial charge is 0.366 e. The van der Waals surface area contributed by atoms with E-state index in [4.69, 9.17) is 11.0 Å². The van der Waals surface area contributed by atoms with Gasteiger partial charge in [-0.1, -0.05) is 0 Å². The van der Waals surface area contributed by atoms with Crippen molar-refractivity contribution in [1.82, 2.24) is 4.98 Å². The van der Waals surface area contributed by atoms with E-state index in [2.05, 4.69) is 4.98 Å². The molecule has 4 nitrogen and oxygen atoms in total. The van der Waals surface area contributed by atoms with Gasteiger partial charge in [-0.2, -0.15) is 5.26 Å². The maximum Gasteiger partial charge on any atom is 0.250 e. The first-order valence-electron chi connectivity index (χ1n) is 3.86. The van der Waals surface area contributed by atoms with Gasteiger partial charge in [0.2, 0.25) is 0 Å². The molecule has 66 valence electrons. The Bertz CT molecular complexity index is 354. The number of nitrogens with zero attached hydrogens (tertiary/aromatic N) is 2. The quantitative estimate of drug-likeness (QED) is 0.731. The number of nitriles is 1. The van der Waals surface area contributed by atoms with Crippen LogP contribution in [0.15, 0.2) is 18.3 Å². The van der Waals surface area contributed by atoms with Gasteiger partial charge in [-0.15, -0.1) is 0 Å². The Morgan fingerprint density at radius 1 is 1.69 bits per heavy atom. The highest BCUT2D eigenvalue weighted by Gasteiger charge is 2.07. The van der Waals surface area contributed by atoms with Gasteiger partial charge >= 0.3 is 0 Å². The first kappa shape index (κ1) is 9.20. The van der Waals surface area contributed by atoms with Crippen LogP contribution in [0.2, 0.25) is 0 Å². The Morgan fingerprint density at radius 2 is 2.46 bits per heavy atom. The standard InChI is InChI=1S/C9H9N3O/c10-5-1-4-8-7(9(11)13)3-2-6-12-8/h2-3,6H,1,4H2,(H2,11,13). The van der Waals surface area contributed by atoms with E-state index in [1.165, 1.54) is 0 Å². The van der Waals surface area contributed by atoms with Gasteiger partial charge in [-0.3, -0.25) is 9.78 Å². The second kappa shape index (κ2) is 4.21. The number of carbonyl (C=O) groups excluding carboxylic acids is 1. The number of aryl methyl sites for hydroxylation is 1. The van der Waals surface area contributed by atoms with Crippen LogP contribution in [-0.4, -0.2) is 10.9 Å². The summed E-state index contributed by atoms with van der Waals surface area (Å²) in [5.74, 6) is -0.499. The Balaban J connectivity index is 2.92. The SMILES string of the molecule is N#CCCc1ncccc1C(N)=O. The molecular weight excluding hydrogens is 166 g/mol. The molecule has 1 amide bonds. The van der Waals surface area contributed by atoms with Crippen LogP contribution in [0.3, 0.4) is 0 Å². The highest BCUT2D eigenvalue weighted by Crippen LogP contribution is 2.06. The van der Waals surface area contributed by atoms with E-state index in [0.29, 0.717) is 24.1 Å². The van der Waals surface area contributed by atoms with E-state index >= 15 is 0 Å². The molecule has 0 unspecified atom stereocenters. The minimum atomic E-state index is -0.499. The summed E-state index contributed by atoms with van der Waals surface area (Å²) in [6.07, 6.45) is 2.39. The van der Waals surface area contributed by atoms with E-state index in [9.17, 15) is 4.79 Å². The highest BCUT2D eigenvalue weighted by atomic mass is 16.1. The maximum atomic E-state index is 10.9. The average Bonchev–Trinajstić information content (AvgIpc) is 2.15. The molecular formula is C9H9N3O. The van der Waals surface area contributed by atoms with Crippen molar-refractivity contribution in [1.29, 1.82) is 5.26 Å². The van der Waals surface area contributed by atoms with Gasteiger partial charge in [-0.05, 0) is 12.1 Å². The second-order valence-corrected chi connectivity index (χ2v) is 2.52. The van der Waals surface area contributed by atoms with Crippen molar-refractivity contribution < 1.29 is 4.79 Å². The van der Waals surface area contributed by atoms with Crippen LogP contribution in [0, 0.1) is 11.3 Å². The van der Waals surface area contributed by atoms with Crippen LogP contribution in [0.5, 0.6) is 0 Å². The molecule has 4 heteroatoms. The minimum Gasteiger partial charge on any atom is -0.366 e. The summed E-state index contributed by atoms with van der Waals surface area (Å²) in [4.78, 5) is 14.9. The summed E-state index contributed by atoms with van der Waals surface area (Å²) < 4.78 is 0. The van der Waals surface area contributed by atoms with Crippen LogP contribution in [0.1, 0.15) is 22.5 Å². The number of pyridine rings is 1. The first-order valence-corrected chi connectivity index (χ1v) is 3.86. The Labute approximate surface area is 76.0 Å². The lowest BCUT2D eigenvalue weighted by atomic mass is 10.1. The Morgan fingerprint density at radius 3 is 3.08 bits per heavy atom. The van der Waals surface area contributed by atoms with Gasteiger partial charge in [0, 0.05) is 19.0 Å². The van der Waals surface area contributed by atoms with Crippen molar-refractivity contribution in [3.8, 4) is 6.07 Å². The summed E-state index contributed by atoms with van der Waals surface area (Å²) in [5.41, 5.74) is 6.12. The van der Waals surface area contributed by atoms with Gasteiger partial charge in [0.25, 0.3) is 5.91 Å². The number of rotatable bonds is 3. The Kier molecular flexibility index (Phi) is 2.98. The molecule has 0 aromatic carbocycles. The fraction of sp³-hybridized carbons (Fsp3) is 0.222. The zero-order valence-electron chi connectivity index (χ0n) is 7.03. The molecule has 0 radical (unpaired) electrons. The monoisotopic (exact) mass is 175 g/mol. The van der Waals surface area contributed by atoms with Gasteiger partial charge in [0.05, 0.1) is 17.3 Å². The molecule has 1 aromatic rings. The molecule has 0 aliphatic heterocycles. The summed E-state index contributed by atoms with van der Waals surface area (Å²) in [6, 6.07) is 5.25. The molecule has 0 saturated carbocycles. The number of primary amides is 1. The molecule has 0 fully saturated rings. The summed E-state index contributed by atoms with van der Waals surface area (Å²) in [5, 5.41) is 8.36. The topological polar surface area (TPSA) is 79.8 Å². The van der Waals surface area contributed by atoms with E-state index < -0.39 is 5.91 Å². The molecule has 1 heterocycles. The molecule has 0 spiro atoms. The van der Waals surface area contributed by atoms with Gasteiger partial charge < -0.3 is 5.73 Å². The number of nitrogens with two attached hydrogens (primary N) is 1. The predicted octanol–water partition coefficient (Wildman–Crippen LogP) is 0.637. The van der Waals surface area contributed by atoms with Crippen LogP contribution in [0.4, 0.5) is 0 Å². The van der Waals surface area contributed by atoms with Gasteiger partial charge in [0.15, 0.2) is 0 Å². The third kappa shape index (κ3) is 2.27. The molecule has 0 aliphatic carbocycles. The molecule has 2 N–H and O–H groups in total. The second-order valence-electron chi connectivity index (χ2n) is 2.52. The molecule has 1 aromatic heterocycles. The van der Waals surface area contributed by atoms with Crippen molar-refractivity contribution in [2.24, 2.45) is 5.73 Å². The van der Waals surface area contributed by atoms with Crippen LogP contribution < -0.4 is 5.73 Å². The number of hydrogen-bond donors (Lipinski definition) is 1. The van der Waals surface area contributed by atoms with Crippen LogP contribution in [0.25, 0.3) is 0 Å². The van der Waals surface area contributed by atoms with Crippen molar-refractivity contribution in [2.75, 3.05) is 0 Å². The molecule has 0 bridgehead atoms. The first-order chi connectivity index (χ1) is 6.25. The predicted molar refractivity (Wildman–Crippen MR) is 46.7 cm³/mol. The van der Waals surface area contributed by atoms with E-state index in [-0.39, 0.29) is 0 Å². The van der Waals surface area contributed by atoms with Gasteiger partial charge in [0.1, 0.15) is 0 Å². The third-order valence-corrected chi connectivity index (χ3v) is 1.63. The van der Waals surface area contributed by atoms with Crippen LogP contribution >= 0.6 is 0 Å². The fourth-order valence-electron chi connectivity index (χ4n) is 1.04. The third-order valence-electron chi connectivity index (χ3n) is 1.63. The molecule has 1 rings (SSSR count). The number of hydrogen-bond acceptors (Lipinski definition) is 3. The zero-order valence-corrected chi connectivity index (χ0v) is 7.03. The molecule has 0 saturated heterocycles. The smallest absolute Gasteiger partial charge is 0.250 e.